The second-order valence-electron chi connectivity index (χ2n) is 5.57. The van der Waals surface area contributed by atoms with Gasteiger partial charge in [-0.1, -0.05) is 41.4 Å². The third-order valence-electron chi connectivity index (χ3n) is 4.02. The number of rotatable bonds is 3. The van der Waals surface area contributed by atoms with Crippen molar-refractivity contribution in [1.29, 1.82) is 5.26 Å². The summed E-state index contributed by atoms with van der Waals surface area (Å²) in [5, 5.41) is 16.1. The number of hydrogen-bond donors (Lipinski definition) is 0. The second kappa shape index (κ2) is 6.23. The van der Waals surface area contributed by atoms with Crippen molar-refractivity contribution in [1.82, 2.24) is 9.78 Å². The number of nitrogens with zero attached hydrogens (tertiary/aromatic N) is 3. The van der Waals surface area contributed by atoms with Crippen LogP contribution in [-0.4, -0.2) is 9.78 Å². The predicted molar refractivity (Wildman–Crippen MR) is 94.1 cm³/mol. The zero-order chi connectivity index (χ0) is 16.6. The Morgan fingerprint density at radius 2 is 1.91 bits per heavy atom. The first-order valence-electron chi connectivity index (χ1n) is 7.31. The first-order valence-corrected chi connectivity index (χ1v) is 8.06. The minimum Gasteiger partial charge on any atom is -0.260 e. The third kappa shape index (κ3) is 2.93. The van der Waals surface area contributed by atoms with Gasteiger partial charge in [0.1, 0.15) is 0 Å². The fourth-order valence-corrected chi connectivity index (χ4v) is 3.17. The first-order chi connectivity index (χ1) is 11.0. The Morgan fingerprint density at radius 1 is 1.22 bits per heavy atom. The zero-order valence-corrected chi connectivity index (χ0v) is 14.4. The molecule has 0 N–H and O–H groups in total. The molecule has 0 fully saturated rings. The van der Waals surface area contributed by atoms with Crippen molar-refractivity contribution in [3.05, 3.63) is 63.3 Å². The summed E-state index contributed by atoms with van der Waals surface area (Å²) in [5.41, 5.74) is 3.75. The summed E-state index contributed by atoms with van der Waals surface area (Å²) in [7, 11) is 0. The van der Waals surface area contributed by atoms with Crippen LogP contribution >= 0.6 is 23.2 Å². The molecule has 1 heterocycles. The molecule has 0 aliphatic heterocycles. The number of aryl methyl sites for hydroxylation is 1. The summed E-state index contributed by atoms with van der Waals surface area (Å²) in [6, 6.07) is 13.8. The summed E-state index contributed by atoms with van der Waals surface area (Å²) in [6.45, 7) is 4.35. The van der Waals surface area contributed by atoms with Gasteiger partial charge in [-0.2, -0.15) is 10.4 Å². The van der Waals surface area contributed by atoms with Crippen molar-refractivity contribution in [3.63, 3.8) is 0 Å². The number of nitriles is 1. The van der Waals surface area contributed by atoms with E-state index in [4.69, 9.17) is 28.5 Å². The quantitative estimate of drug-likeness (QED) is 0.645. The highest BCUT2D eigenvalue weighted by Gasteiger charge is 2.13. The van der Waals surface area contributed by atoms with Crippen LogP contribution in [0.15, 0.2) is 36.4 Å². The molecule has 3 nitrogen and oxygen atoms in total. The summed E-state index contributed by atoms with van der Waals surface area (Å²) in [5.74, 6) is -0.160. The Bertz CT molecular complexity index is 902. The third-order valence-corrected chi connectivity index (χ3v) is 4.73. The lowest BCUT2D eigenvalue weighted by Gasteiger charge is -2.09. The molecule has 3 aromatic rings. The maximum absolute atomic E-state index is 9.14. The standard InChI is InChI=1S/C18H15Cl2N3/c1-11(9-21)13-6-7-14-12(2)22-23(18(14)8-13)10-15-16(19)4-3-5-17(15)20/h3-8,11H,10H2,1-2H3. The summed E-state index contributed by atoms with van der Waals surface area (Å²) in [6.07, 6.45) is 0. The molecule has 0 saturated heterocycles. The van der Waals surface area contributed by atoms with Gasteiger partial charge in [-0.25, -0.2) is 0 Å². The van der Waals surface area contributed by atoms with Crippen molar-refractivity contribution in [2.24, 2.45) is 0 Å². The largest absolute Gasteiger partial charge is 0.260 e. The van der Waals surface area contributed by atoms with E-state index < -0.39 is 0 Å². The van der Waals surface area contributed by atoms with E-state index in [-0.39, 0.29) is 5.92 Å². The molecule has 1 aromatic heterocycles. The minimum absolute atomic E-state index is 0.160. The molecule has 0 bridgehead atoms. The van der Waals surface area contributed by atoms with Crippen LogP contribution in [0.1, 0.15) is 29.7 Å². The highest BCUT2D eigenvalue weighted by molar-refractivity contribution is 6.36. The van der Waals surface area contributed by atoms with Crippen LogP contribution < -0.4 is 0 Å². The van der Waals surface area contributed by atoms with Crippen LogP contribution in [0.25, 0.3) is 10.9 Å². The van der Waals surface area contributed by atoms with E-state index in [1.165, 1.54) is 0 Å². The van der Waals surface area contributed by atoms with E-state index >= 15 is 0 Å². The van der Waals surface area contributed by atoms with E-state index in [1.807, 2.05) is 54.9 Å². The molecule has 0 amide bonds. The van der Waals surface area contributed by atoms with Crippen LogP contribution in [0.5, 0.6) is 0 Å². The smallest absolute Gasteiger partial charge is 0.0700 e. The van der Waals surface area contributed by atoms with Crippen LogP contribution in [0.3, 0.4) is 0 Å². The van der Waals surface area contributed by atoms with Crippen molar-refractivity contribution >= 4 is 34.1 Å². The summed E-state index contributed by atoms with van der Waals surface area (Å²) < 4.78 is 1.89. The van der Waals surface area contributed by atoms with Gasteiger partial charge in [0, 0.05) is 21.0 Å². The van der Waals surface area contributed by atoms with Crippen LogP contribution in [-0.2, 0) is 6.54 Å². The maximum atomic E-state index is 9.14. The van der Waals surface area contributed by atoms with Gasteiger partial charge >= 0.3 is 0 Å². The van der Waals surface area contributed by atoms with Crippen molar-refractivity contribution in [3.8, 4) is 6.07 Å². The predicted octanol–water partition coefficient (Wildman–Crippen LogP) is 5.33. The lowest BCUT2D eigenvalue weighted by atomic mass is 10.0. The fraction of sp³-hybridized carbons (Fsp3) is 0.222. The van der Waals surface area contributed by atoms with Gasteiger partial charge in [0.15, 0.2) is 0 Å². The van der Waals surface area contributed by atoms with E-state index in [2.05, 4.69) is 11.2 Å². The van der Waals surface area contributed by atoms with Gasteiger partial charge in [0.2, 0.25) is 0 Å². The monoisotopic (exact) mass is 343 g/mol. The Kier molecular flexibility index (Phi) is 4.30. The van der Waals surface area contributed by atoms with Gasteiger partial charge in [-0.3, -0.25) is 4.68 Å². The molecular weight excluding hydrogens is 329 g/mol. The van der Waals surface area contributed by atoms with Crippen molar-refractivity contribution in [2.75, 3.05) is 0 Å². The molecule has 1 atom stereocenters. The maximum Gasteiger partial charge on any atom is 0.0700 e. The van der Waals surface area contributed by atoms with Crippen LogP contribution in [0, 0.1) is 18.3 Å². The van der Waals surface area contributed by atoms with Gasteiger partial charge in [0.25, 0.3) is 0 Å². The van der Waals surface area contributed by atoms with E-state index in [9.17, 15) is 0 Å². The lowest BCUT2D eigenvalue weighted by molar-refractivity contribution is 0.703. The molecule has 2 aromatic carbocycles. The highest BCUT2D eigenvalue weighted by Crippen LogP contribution is 2.28. The Labute approximate surface area is 145 Å². The lowest BCUT2D eigenvalue weighted by Crippen LogP contribution is -2.03. The minimum atomic E-state index is -0.160. The van der Waals surface area contributed by atoms with Gasteiger partial charge in [-0.15, -0.1) is 0 Å². The van der Waals surface area contributed by atoms with E-state index in [0.29, 0.717) is 16.6 Å². The van der Waals surface area contributed by atoms with Gasteiger partial charge in [0.05, 0.1) is 29.7 Å². The van der Waals surface area contributed by atoms with Crippen molar-refractivity contribution in [2.45, 2.75) is 26.3 Å². The Balaban J connectivity index is 2.12. The molecule has 3 rings (SSSR count). The summed E-state index contributed by atoms with van der Waals surface area (Å²) >= 11 is 12.5. The molecule has 0 spiro atoms. The number of hydrogen-bond acceptors (Lipinski definition) is 2. The Morgan fingerprint density at radius 3 is 2.57 bits per heavy atom. The molecule has 1 unspecified atom stereocenters. The average Bonchev–Trinajstić information content (AvgIpc) is 2.86. The highest BCUT2D eigenvalue weighted by atomic mass is 35.5. The molecule has 0 saturated carbocycles. The zero-order valence-electron chi connectivity index (χ0n) is 12.8. The van der Waals surface area contributed by atoms with Crippen LogP contribution in [0.4, 0.5) is 0 Å². The SMILES string of the molecule is Cc1nn(Cc2c(Cl)cccc2Cl)c2cc(C(C)C#N)ccc12. The number of halogens is 2. The fourth-order valence-electron chi connectivity index (χ4n) is 2.65. The average molecular weight is 344 g/mol. The number of benzene rings is 2. The van der Waals surface area contributed by atoms with Gasteiger partial charge in [-0.05, 0) is 37.6 Å². The van der Waals surface area contributed by atoms with E-state index in [0.717, 1.165) is 27.7 Å². The second-order valence-corrected chi connectivity index (χ2v) is 6.39. The normalized spacial score (nSPS) is 12.3. The molecule has 0 aliphatic rings. The van der Waals surface area contributed by atoms with Gasteiger partial charge < -0.3 is 0 Å². The van der Waals surface area contributed by atoms with Crippen LogP contribution in [0.2, 0.25) is 10.0 Å². The molecule has 116 valence electrons. The molecule has 0 radical (unpaired) electrons. The number of aromatic nitrogens is 2. The molecular formula is C18H15Cl2N3. The number of fused-ring (bicyclic) bond motifs is 1. The molecule has 23 heavy (non-hydrogen) atoms. The Hall–Kier alpha value is -2.02. The van der Waals surface area contributed by atoms with E-state index in [1.54, 1.807) is 0 Å². The summed E-state index contributed by atoms with van der Waals surface area (Å²) in [4.78, 5) is 0. The first kappa shape index (κ1) is 15.9. The molecule has 5 heteroatoms. The topological polar surface area (TPSA) is 41.6 Å². The molecule has 0 aliphatic carbocycles. The van der Waals surface area contributed by atoms with Crippen molar-refractivity contribution < 1.29 is 0 Å².